The van der Waals surface area contributed by atoms with Gasteiger partial charge in [0.1, 0.15) is 0 Å². The van der Waals surface area contributed by atoms with Gasteiger partial charge in [0.25, 0.3) is 0 Å². The molecule has 1 aromatic carbocycles. The number of hydrogen-bond acceptors (Lipinski definition) is 3. The Kier molecular flexibility index (Phi) is 4.22. The molecule has 1 fully saturated rings. The molecule has 1 aliphatic rings. The maximum absolute atomic E-state index is 5.90. The van der Waals surface area contributed by atoms with Crippen molar-refractivity contribution in [3.05, 3.63) is 42.1 Å². The summed E-state index contributed by atoms with van der Waals surface area (Å²) < 4.78 is 0. The minimum absolute atomic E-state index is 0.236. The largest absolute Gasteiger partial charge is 0.271 e. The number of hydrazine groups is 1. The van der Waals surface area contributed by atoms with E-state index in [-0.39, 0.29) is 6.04 Å². The van der Waals surface area contributed by atoms with Crippen LogP contribution in [0.1, 0.15) is 44.7 Å². The van der Waals surface area contributed by atoms with Gasteiger partial charge >= 0.3 is 0 Å². The third-order valence-electron chi connectivity index (χ3n) is 4.85. The summed E-state index contributed by atoms with van der Waals surface area (Å²) in [5.41, 5.74) is 5.40. The standard InChI is InChI=1S/C18H25N3/c1-12-8-13(2)10-16(9-12)18(21-19)15-5-6-17-14(11-15)4-3-7-20-17/h3-7,11-13,16,18,21H,8-10,19H2,1-2H3. The summed E-state index contributed by atoms with van der Waals surface area (Å²) in [4.78, 5) is 4.39. The van der Waals surface area contributed by atoms with Gasteiger partial charge in [0.15, 0.2) is 0 Å². The fraction of sp³-hybridized carbons (Fsp3) is 0.500. The lowest BCUT2D eigenvalue weighted by atomic mass is 9.72. The third kappa shape index (κ3) is 3.09. The van der Waals surface area contributed by atoms with E-state index in [4.69, 9.17) is 5.84 Å². The van der Waals surface area contributed by atoms with E-state index in [9.17, 15) is 0 Å². The Balaban J connectivity index is 1.90. The molecular weight excluding hydrogens is 258 g/mol. The SMILES string of the molecule is CC1CC(C)CC(C(NN)c2ccc3ncccc3c2)C1. The number of nitrogens with one attached hydrogen (secondary N) is 1. The zero-order valence-corrected chi connectivity index (χ0v) is 12.9. The van der Waals surface area contributed by atoms with Crippen molar-refractivity contribution >= 4 is 10.9 Å². The van der Waals surface area contributed by atoms with Gasteiger partial charge in [-0.25, -0.2) is 0 Å². The van der Waals surface area contributed by atoms with E-state index >= 15 is 0 Å². The van der Waals surface area contributed by atoms with E-state index in [0.29, 0.717) is 5.92 Å². The molecule has 0 radical (unpaired) electrons. The molecule has 0 bridgehead atoms. The highest BCUT2D eigenvalue weighted by atomic mass is 15.2. The van der Waals surface area contributed by atoms with Crippen molar-refractivity contribution in [1.29, 1.82) is 0 Å². The van der Waals surface area contributed by atoms with E-state index in [1.807, 2.05) is 12.3 Å². The average molecular weight is 283 g/mol. The highest BCUT2D eigenvalue weighted by molar-refractivity contribution is 5.79. The molecule has 1 heterocycles. The highest BCUT2D eigenvalue weighted by Crippen LogP contribution is 2.39. The Morgan fingerprint density at radius 2 is 1.90 bits per heavy atom. The van der Waals surface area contributed by atoms with Crippen molar-refractivity contribution in [2.24, 2.45) is 23.6 Å². The van der Waals surface area contributed by atoms with Gasteiger partial charge < -0.3 is 0 Å². The molecule has 3 heteroatoms. The average Bonchev–Trinajstić information content (AvgIpc) is 2.47. The number of aromatic nitrogens is 1. The summed E-state index contributed by atoms with van der Waals surface area (Å²) in [6.07, 6.45) is 5.69. The summed E-state index contributed by atoms with van der Waals surface area (Å²) in [5, 5.41) is 1.19. The van der Waals surface area contributed by atoms with Gasteiger partial charge in [-0.3, -0.25) is 16.3 Å². The third-order valence-corrected chi connectivity index (χ3v) is 4.85. The number of rotatable bonds is 3. The van der Waals surface area contributed by atoms with Crippen LogP contribution in [0.3, 0.4) is 0 Å². The van der Waals surface area contributed by atoms with Crippen LogP contribution in [0, 0.1) is 17.8 Å². The molecule has 1 saturated carbocycles. The van der Waals surface area contributed by atoms with Crippen molar-refractivity contribution in [2.45, 2.75) is 39.2 Å². The van der Waals surface area contributed by atoms with Crippen LogP contribution in [0.25, 0.3) is 10.9 Å². The fourth-order valence-corrected chi connectivity index (χ4v) is 4.07. The van der Waals surface area contributed by atoms with Gasteiger partial charge in [0, 0.05) is 17.6 Å². The Labute approximate surface area is 126 Å². The predicted octanol–water partition coefficient (Wildman–Crippen LogP) is 3.81. The summed E-state index contributed by atoms with van der Waals surface area (Å²) >= 11 is 0. The Bertz CT molecular complexity index is 600. The summed E-state index contributed by atoms with van der Waals surface area (Å²) in [7, 11) is 0. The number of hydrogen-bond donors (Lipinski definition) is 2. The van der Waals surface area contributed by atoms with Crippen LogP contribution >= 0.6 is 0 Å². The molecule has 112 valence electrons. The molecule has 0 spiro atoms. The lowest BCUT2D eigenvalue weighted by Crippen LogP contribution is -2.37. The topological polar surface area (TPSA) is 50.9 Å². The second kappa shape index (κ2) is 6.12. The van der Waals surface area contributed by atoms with Crippen molar-refractivity contribution in [3.8, 4) is 0 Å². The van der Waals surface area contributed by atoms with E-state index in [1.54, 1.807) is 0 Å². The maximum Gasteiger partial charge on any atom is 0.0702 e. The molecule has 1 aliphatic carbocycles. The molecule has 3 atom stereocenters. The van der Waals surface area contributed by atoms with Crippen molar-refractivity contribution in [3.63, 3.8) is 0 Å². The molecule has 3 rings (SSSR count). The first-order valence-electron chi connectivity index (χ1n) is 7.98. The number of nitrogens with two attached hydrogens (primary N) is 1. The number of benzene rings is 1. The van der Waals surface area contributed by atoms with Crippen LogP contribution < -0.4 is 11.3 Å². The lowest BCUT2D eigenvalue weighted by Gasteiger charge is -2.36. The molecule has 1 aromatic heterocycles. The predicted molar refractivity (Wildman–Crippen MR) is 87.5 cm³/mol. The van der Waals surface area contributed by atoms with Gasteiger partial charge in [-0.15, -0.1) is 0 Å². The normalized spacial score (nSPS) is 27.7. The van der Waals surface area contributed by atoms with Crippen LogP contribution in [-0.2, 0) is 0 Å². The van der Waals surface area contributed by atoms with Crippen LogP contribution in [0.2, 0.25) is 0 Å². The molecular formula is C18H25N3. The van der Waals surface area contributed by atoms with Crippen molar-refractivity contribution < 1.29 is 0 Å². The van der Waals surface area contributed by atoms with E-state index < -0.39 is 0 Å². The summed E-state index contributed by atoms with van der Waals surface area (Å²) in [5.74, 6) is 8.10. The Morgan fingerprint density at radius 3 is 2.62 bits per heavy atom. The van der Waals surface area contributed by atoms with Crippen LogP contribution in [-0.4, -0.2) is 4.98 Å². The summed E-state index contributed by atoms with van der Waals surface area (Å²) in [6, 6.07) is 10.8. The van der Waals surface area contributed by atoms with E-state index in [0.717, 1.165) is 17.4 Å². The monoisotopic (exact) mass is 283 g/mol. The van der Waals surface area contributed by atoms with Gasteiger partial charge in [-0.05, 0) is 60.8 Å². The smallest absolute Gasteiger partial charge is 0.0702 e. The minimum atomic E-state index is 0.236. The molecule has 2 aromatic rings. The molecule has 21 heavy (non-hydrogen) atoms. The van der Waals surface area contributed by atoms with Crippen LogP contribution in [0.15, 0.2) is 36.5 Å². The number of fused-ring (bicyclic) bond motifs is 1. The zero-order valence-electron chi connectivity index (χ0n) is 12.9. The van der Waals surface area contributed by atoms with Gasteiger partial charge in [0.2, 0.25) is 0 Å². The number of pyridine rings is 1. The van der Waals surface area contributed by atoms with Gasteiger partial charge in [-0.1, -0.05) is 26.0 Å². The highest BCUT2D eigenvalue weighted by Gasteiger charge is 2.30. The second-order valence-corrected chi connectivity index (χ2v) is 6.78. The van der Waals surface area contributed by atoms with E-state index in [1.165, 1.54) is 30.2 Å². The molecule has 3 N–H and O–H groups in total. The van der Waals surface area contributed by atoms with Crippen LogP contribution in [0.4, 0.5) is 0 Å². The van der Waals surface area contributed by atoms with Crippen molar-refractivity contribution in [2.75, 3.05) is 0 Å². The second-order valence-electron chi connectivity index (χ2n) is 6.78. The molecule has 3 unspecified atom stereocenters. The fourth-order valence-electron chi connectivity index (χ4n) is 4.07. The zero-order chi connectivity index (χ0) is 14.8. The molecule has 0 saturated heterocycles. The Morgan fingerprint density at radius 1 is 1.14 bits per heavy atom. The quantitative estimate of drug-likeness (QED) is 0.665. The molecule has 0 amide bonds. The van der Waals surface area contributed by atoms with Gasteiger partial charge in [-0.2, -0.15) is 0 Å². The van der Waals surface area contributed by atoms with Crippen molar-refractivity contribution in [1.82, 2.24) is 10.4 Å². The Hall–Kier alpha value is -1.45. The van der Waals surface area contributed by atoms with Crippen LogP contribution in [0.5, 0.6) is 0 Å². The first-order chi connectivity index (χ1) is 10.2. The minimum Gasteiger partial charge on any atom is -0.271 e. The van der Waals surface area contributed by atoms with Gasteiger partial charge in [0.05, 0.1) is 5.52 Å². The first-order valence-corrected chi connectivity index (χ1v) is 7.98. The molecule has 3 nitrogen and oxygen atoms in total. The maximum atomic E-state index is 5.90. The van der Waals surface area contributed by atoms with E-state index in [2.05, 4.69) is 48.5 Å². The number of nitrogens with zero attached hydrogens (tertiary/aromatic N) is 1. The first kappa shape index (κ1) is 14.5. The lowest BCUT2D eigenvalue weighted by molar-refractivity contribution is 0.177. The summed E-state index contributed by atoms with van der Waals surface area (Å²) in [6.45, 7) is 4.72. The molecule has 0 aliphatic heterocycles.